The van der Waals surface area contributed by atoms with Crippen molar-refractivity contribution in [3.8, 4) is 0 Å². The summed E-state index contributed by atoms with van der Waals surface area (Å²) in [6, 6.07) is 0. The molecule has 0 amide bonds. The lowest BCUT2D eigenvalue weighted by molar-refractivity contribution is -0.160. The number of methoxy groups -OCH3 is 1. The molecule has 0 aliphatic rings. The summed E-state index contributed by atoms with van der Waals surface area (Å²) in [7, 11) is 1.60. The van der Waals surface area contributed by atoms with Crippen LogP contribution in [-0.4, -0.2) is 38.5 Å². The summed E-state index contributed by atoms with van der Waals surface area (Å²) in [6.07, 6.45) is 0. The number of rotatable bonds is 6. The van der Waals surface area contributed by atoms with E-state index in [-0.39, 0.29) is 12.6 Å². The Morgan fingerprint density at radius 3 is 2.40 bits per heavy atom. The minimum Gasteiger partial charge on any atom is -0.460 e. The third-order valence-electron chi connectivity index (χ3n) is 1.49. The predicted molar refractivity (Wildman–Crippen MR) is 57.4 cm³/mol. The van der Waals surface area contributed by atoms with Crippen LogP contribution in [0.4, 0.5) is 0 Å². The van der Waals surface area contributed by atoms with Gasteiger partial charge in [0.25, 0.3) is 0 Å². The third-order valence-corrected chi connectivity index (χ3v) is 1.49. The summed E-state index contributed by atoms with van der Waals surface area (Å²) in [5.41, 5.74) is -0.473. The average molecular weight is 217 g/mol. The Hall–Kier alpha value is -0.610. The van der Waals surface area contributed by atoms with Crippen LogP contribution in [0.15, 0.2) is 0 Å². The van der Waals surface area contributed by atoms with Crippen molar-refractivity contribution in [3.63, 3.8) is 0 Å². The van der Waals surface area contributed by atoms with Gasteiger partial charge in [-0.25, -0.2) is 0 Å². The summed E-state index contributed by atoms with van der Waals surface area (Å²) < 4.78 is 15.1. The topological polar surface area (TPSA) is 44.8 Å². The van der Waals surface area contributed by atoms with Crippen molar-refractivity contribution in [3.05, 3.63) is 6.92 Å². The molecule has 0 aromatic rings. The Morgan fingerprint density at radius 1 is 1.33 bits per heavy atom. The van der Waals surface area contributed by atoms with Crippen molar-refractivity contribution in [2.24, 2.45) is 5.92 Å². The fourth-order valence-corrected chi connectivity index (χ4v) is 0.821. The molecule has 0 aromatic carbocycles. The van der Waals surface area contributed by atoms with E-state index in [2.05, 4.69) is 6.92 Å². The van der Waals surface area contributed by atoms with E-state index in [9.17, 15) is 4.79 Å². The monoisotopic (exact) mass is 217 g/mol. The molecule has 0 saturated carbocycles. The second-order valence-electron chi connectivity index (χ2n) is 4.30. The normalized spacial score (nSPS) is 13.7. The molecule has 0 spiro atoms. The van der Waals surface area contributed by atoms with Crippen molar-refractivity contribution >= 4 is 5.97 Å². The van der Waals surface area contributed by atoms with Gasteiger partial charge in [0.05, 0.1) is 25.7 Å². The van der Waals surface area contributed by atoms with Gasteiger partial charge in [-0.2, -0.15) is 0 Å². The zero-order valence-corrected chi connectivity index (χ0v) is 10.0. The molecule has 0 rings (SSSR count). The highest BCUT2D eigenvalue weighted by molar-refractivity contribution is 5.73. The molecule has 1 atom stereocenters. The maximum atomic E-state index is 11.4. The van der Waals surface area contributed by atoms with Crippen molar-refractivity contribution in [1.29, 1.82) is 0 Å². The van der Waals surface area contributed by atoms with Gasteiger partial charge in [-0.1, -0.05) is 0 Å². The second-order valence-corrected chi connectivity index (χ2v) is 4.30. The van der Waals surface area contributed by atoms with Crippen LogP contribution in [-0.2, 0) is 19.0 Å². The average Bonchev–Trinajstić information content (AvgIpc) is 2.09. The van der Waals surface area contributed by atoms with Crippen LogP contribution in [0.3, 0.4) is 0 Å². The van der Waals surface area contributed by atoms with Gasteiger partial charge in [0.15, 0.2) is 0 Å². The van der Waals surface area contributed by atoms with Gasteiger partial charge < -0.3 is 14.2 Å². The van der Waals surface area contributed by atoms with E-state index in [4.69, 9.17) is 14.2 Å². The number of hydrogen-bond acceptors (Lipinski definition) is 4. The highest BCUT2D eigenvalue weighted by Gasteiger charge is 2.21. The number of esters is 1. The second kappa shape index (κ2) is 6.80. The highest BCUT2D eigenvalue weighted by Crippen LogP contribution is 2.11. The third kappa shape index (κ3) is 8.39. The lowest BCUT2D eigenvalue weighted by atomic mass is 10.1. The fraction of sp³-hybridized carbons (Fsp3) is 0.818. The zero-order valence-electron chi connectivity index (χ0n) is 10.0. The summed E-state index contributed by atoms with van der Waals surface area (Å²) in [4.78, 5) is 11.4. The SMILES string of the molecule is [CH2][C@@H](COCCOC)C(=O)OC(C)(C)C. The van der Waals surface area contributed by atoms with Gasteiger partial charge in [0, 0.05) is 7.11 Å². The van der Waals surface area contributed by atoms with Crippen LogP contribution in [0.2, 0.25) is 0 Å². The molecule has 0 unspecified atom stereocenters. The van der Waals surface area contributed by atoms with Crippen LogP contribution < -0.4 is 0 Å². The molecule has 15 heavy (non-hydrogen) atoms. The molecule has 4 heteroatoms. The van der Waals surface area contributed by atoms with E-state index in [1.807, 2.05) is 20.8 Å². The van der Waals surface area contributed by atoms with Gasteiger partial charge in [-0.3, -0.25) is 4.79 Å². The molecule has 0 heterocycles. The van der Waals surface area contributed by atoms with Crippen LogP contribution in [0.25, 0.3) is 0 Å². The first kappa shape index (κ1) is 14.4. The summed E-state index contributed by atoms with van der Waals surface area (Å²) in [5, 5.41) is 0. The maximum Gasteiger partial charge on any atom is 0.311 e. The van der Waals surface area contributed by atoms with E-state index in [1.54, 1.807) is 7.11 Å². The standard InChI is InChI=1S/C11H21O4/c1-9(8-14-7-6-13-5)10(12)15-11(2,3)4/h9H,1,6-8H2,2-5H3/t9-/m0/s1. The lowest BCUT2D eigenvalue weighted by Crippen LogP contribution is -2.29. The minimum atomic E-state index is -0.485. The van der Waals surface area contributed by atoms with E-state index < -0.39 is 11.5 Å². The van der Waals surface area contributed by atoms with E-state index in [0.717, 1.165) is 0 Å². The van der Waals surface area contributed by atoms with Gasteiger partial charge in [-0.05, 0) is 27.7 Å². The number of hydrogen-bond donors (Lipinski definition) is 0. The Morgan fingerprint density at radius 2 is 1.93 bits per heavy atom. The lowest BCUT2D eigenvalue weighted by Gasteiger charge is -2.22. The summed E-state index contributed by atoms with van der Waals surface area (Å²) in [6.45, 7) is 10.4. The van der Waals surface area contributed by atoms with E-state index >= 15 is 0 Å². The largest absolute Gasteiger partial charge is 0.460 e. The van der Waals surface area contributed by atoms with E-state index in [1.165, 1.54) is 0 Å². The van der Waals surface area contributed by atoms with Gasteiger partial charge in [0.2, 0.25) is 0 Å². The minimum absolute atomic E-state index is 0.262. The van der Waals surface area contributed by atoms with Crippen LogP contribution in [0, 0.1) is 12.8 Å². The highest BCUT2D eigenvalue weighted by atomic mass is 16.6. The van der Waals surface area contributed by atoms with Crippen molar-refractivity contribution < 1.29 is 19.0 Å². The molecule has 0 aromatic heterocycles. The van der Waals surface area contributed by atoms with E-state index in [0.29, 0.717) is 13.2 Å². The molecular weight excluding hydrogens is 196 g/mol. The number of carbonyl (C=O) groups excluding carboxylic acids is 1. The molecule has 0 fully saturated rings. The first-order valence-electron chi connectivity index (χ1n) is 4.99. The molecule has 0 aliphatic heterocycles. The van der Waals surface area contributed by atoms with Gasteiger partial charge in [-0.15, -0.1) is 0 Å². The molecule has 0 aliphatic carbocycles. The van der Waals surface area contributed by atoms with Crippen LogP contribution in [0.5, 0.6) is 0 Å². The molecule has 89 valence electrons. The van der Waals surface area contributed by atoms with Gasteiger partial charge in [0.1, 0.15) is 5.60 Å². The molecule has 4 nitrogen and oxygen atoms in total. The zero-order chi connectivity index (χ0) is 11.9. The van der Waals surface area contributed by atoms with Crippen molar-refractivity contribution in [1.82, 2.24) is 0 Å². The van der Waals surface area contributed by atoms with Gasteiger partial charge >= 0.3 is 5.97 Å². The summed E-state index contributed by atoms with van der Waals surface area (Å²) in [5.74, 6) is -0.819. The first-order chi connectivity index (χ1) is 6.87. The van der Waals surface area contributed by atoms with Crippen molar-refractivity contribution in [2.45, 2.75) is 26.4 Å². The fourth-order valence-electron chi connectivity index (χ4n) is 0.821. The molecule has 0 saturated heterocycles. The smallest absolute Gasteiger partial charge is 0.311 e. The molecule has 1 radical (unpaired) electrons. The maximum absolute atomic E-state index is 11.4. The Bertz CT molecular complexity index is 184. The van der Waals surface area contributed by atoms with Crippen LogP contribution in [0.1, 0.15) is 20.8 Å². The first-order valence-corrected chi connectivity index (χ1v) is 4.99. The molecular formula is C11H21O4. The Labute approximate surface area is 91.9 Å². The number of ether oxygens (including phenoxy) is 3. The Kier molecular flexibility index (Phi) is 6.52. The van der Waals surface area contributed by atoms with Crippen LogP contribution >= 0.6 is 0 Å². The molecule has 0 N–H and O–H groups in total. The number of carbonyl (C=O) groups is 1. The summed E-state index contributed by atoms with van der Waals surface area (Å²) >= 11 is 0. The van der Waals surface area contributed by atoms with Crippen molar-refractivity contribution in [2.75, 3.05) is 26.9 Å². The quantitative estimate of drug-likeness (QED) is 0.499. The predicted octanol–water partition coefficient (Wildman–Crippen LogP) is 1.44. The molecule has 0 bridgehead atoms. The Balaban J connectivity index is 3.70.